The molecular formula is C35H39Cl2N5O3. The molecule has 45 heavy (non-hydrogen) atoms. The van der Waals surface area contributed by atoms with Crippen molar-refractivity contribution in [3.63, 3.8) is 0 Å². The number of nitriles is 1. The maximum absolute atomic E-state index is 13.9. The van der Waals surface area contributed by atoms with Crippen molar-refractivity contribution in [2.24, 2.45) is 0 Å². The summed E-state index contributed by atoms with van der Waals surface area (Å²) in [5.41, 5.74) is 1.13. The number of likely N-dealkylation sites (tertiary alicyclic amines) is 2. The summed E-state index contributed by atoms with van der Waals surface area (Å²) in [5, 5.41) is 12.2. The quantitative estimate of drug-likeness (QED) is 0.293. The number of carbonyl (C=O) groups is 3. The molecule has 2 saturated heterocycles. The topological polar surface area (TPSA) is 88.0 Å². The zero-order chi connectivity index (χ0) is 32.3. The Morgan fingerprint density at radius 2 is 1.73 bits per heavy atom. The lowest BCUT2D eigenvalue weighted by Crippen LogP contribution is -2.63. The van der Waals surface area contributed by atoms with Gasteiger partial charge in [0.15, 0.2) is 0 Å². The summed E-state index contributed by atoms with van der Waals surface area (Å²) < 4.78 is 0. The van der Waals surface area contributed by atoms with E-state index in [1.165, 1.54) is 0 Å². The number of amides is 3. The molecule has 2 heterocycles. The van der Waals surface area contributed by atoms with Crippen LogP contribution in [0, 0.1) is 11.3 Å². The van der Waals surface area contributed by atoms with E-state index in [4.69, 9.17) is 23.2 Å². The van der Waals surface area contributed by atoms with Crippen molar-refractivity contribution in [3.8, 4) is 6.07 Å². The van der Waals surface area contributed by atoms with Gasteiger partial charge in [-0.25, -0.2) is 0 Å². The summed E-state index contributed by atoms with van der Waals surface area (Å²) in [6, 6.07) is 18.8. The second-order valence-corrected chi connectivity index (χ2v) is 13.2. The SMILES string of the molecule is CN(C)C(=O)C1(N2CCCC2=O)CCN(CCC(CN(C)C(=O)c2cc(C#N)cc3ccccc23)c2ccc(Cl)c(Cl)c2)CC1. The van der Waals surface area contributed by atoms with E-state index < -0.39 is 5.54 Å². The highest BCUT2D eigenvalue weighted by atomic mass is 35.5. The molecule has 0 bridgehead atoms. The Bertz CT molecular complexity index is 1640. The van der Waals surface area contributed by atoms with Gasteiger partial charge in [0, 0.05) is 65.2 Å². The number of halogens is 2. The molecule has 0 N–H and O–H groups in total. The summed E-state index contributed by atoms with van der Waals surface area (Å²) in [5.74, 6) is -0.138. The molecule has 8 nitrogen and oxygen atoms in total. The third-order valence-corrected chi connectivity index (χ3v) is 10.1. The van der Waals surface area contributed by atoms with Crippen LogP contribution in [0.3, 0.4) is 0 Å². The molecule has 3 aromatic carbocycles. The number of likely N-dealkylation sites (N-methyl/N-ethyl adjacent to an activating group) is 2. The summed E-state index contributed by atoms with van der Waals surface area (Å²) >= 11 is 12.7. The fraction of sp³-hybridized carbons (Fsp3) is 0.429. The predicted molar refractivity (Wildman–Crippen MR) is 177 cm³/mol. The van der Waals surface area contributed by atoms with Crippen LogP contribution in [0.15, 0.2) is 54.6 Å². The second-order valence-electron chi connectivity index (χ2n) is 12.4. The molecule has 0 saturated carbocycles. The Labute approximate surface area is 275 Å². The fourth-order valence-corrected chi connectivity index (χ4v) is 7.21. The number of benzene rings is 3. The third kappa shape index (κ3) is 6.81. The van der Waals surface area contributed by atoms with Gasteiger partial charge in [-0.15, -0.1) is 0 Å². The number of rotatable bonds is 9. The Hall–Kier alpha value is -3.64. The molecule has 0 spiro atoms. The van der Waals surface area contributed by atoms with Crippen molar-refractivity contribution in [3.05, 3.63) is 81.3 Å². The second kappa shape index (κ2) is 13.8. The third-order valence-electron chi connectivity index (χ3n) is 9.35. The lowest BCUT2D eigenvalue weighted by molar-refractivity contribution is -0.153. The first-order valence-electron chi connectivity index (χ1n) is 15.4. The molecule has 0 aliphatic carbocycles. The van der Waals surface area contributed by atoms with Gasteiger partial charge in [0.25, 0.3) is 5.91 Å². The van der Waals surface area contributed by atoms with Gasteiger partial charge in [0.2, 0.25) is 11.8 Å². The zero-order valence-corrected chi connectivity index (χ0v) is 27.6. The van der Waals surface area contributed by atoms with Crippen molar-refractivity contribution in [2.45, 2.75) is 43.6 Å². The van der Waals surface area contributed by atoms with Crippen LogP contribution in [-0.2, 0) is 9.59 Å². The molecule has 0 radical (unpaired) electrons. The minimum Gasteiger partial charge on any atom is -0.347 e. The van der Waals surface area contributed by atoms with Gasteiger partial charge >= 0.3 is 0 Å². The number of fused-ring (bicyclic) bond motifs is 1. The van der Waals surface area contributed by atoms with Crippen molar-refractivity contribution in [1.82, 2.24) is 19.6 Å². The molecule has 5 rings (SSSR count). The van der Waals surface area contributed by atoms with Gasteiger partial charge in [0.05, 0.1) is 21.7 Å². The van der Waals surface area contributed by atoms with Crippen molar-refractivity contribution in [2.75, 3.05) is 53.9 Å². The highest BCUT2D eigenvalue weighted by molar-refractivity contribution is 6.42. The maximum Gasteiger partial charge on any atom is 0.254 e. The van der Waals surface area contributed by atoms with Gasteiger partial charge < -0.3 is 19.6 Å². The molecule has 1 unspecified atom stereocenters. The lowest BCUT2D eigenvalue weighted by Gasteiger charge is -2.47. The Morgan fingerprint density at radius 1 is 1.00 bits per heavy atom. The van der Waals surface area contributed by atoms with E-state index in [0.29, 0.717) is 66.6 Å². The van der Waals surface area contributed by atoms with Gasteiger partial charge in [-0.05, 0) is 72.8 Å². The van der Waals surface area contributed by atoms with Crippen LogP contribution in [0.25, 0.3) is 10.8 Å². The van der Waals surface area contributed by atoms with Crippen LogP contribution in [-0.4, -0.2) is 96.7 Å². The average Bonchev–Trinajstić information content (AvgIpc) is 3.49. The standard InChI is InChI=1S/C35H39Cl2N5O3/c1-39(2)34(45)35(42-15-6-9-32(42)43)13-17-41(18-14-35)16-12-27(25-10-11-30(36)31(37)21-25)23-40(3)33(44)29-20-24(22-38)19-26-7-4-5-8-28(26)29/h4-5,7-8,10-11,19-21,27H,6,9,12-18,23H2,1-3H3. The van der Waals surface area contributed by atoms with Gasteiger partial charge in [0.1, 0.15) is 5.54 Å². The van der Waals surface area contributed by atoms with Crippen molar-refractivity contribution < 1.29 is 14.4 Å². The van der Waals surface area contributed by atoms with Crippen LogP contribution in [0.1, 0.15) is 59.5 Å². The molecule has 2 aliphatic heterocycles. The first kappa shape index (κ1) is 32.7. The summed E-state index contributed by atoms with van der Waals surface area (Å²) in [4.78, 5) is 47.5. The van der Waals surface area contributed by atoms with Crippen LogP contribution in [0.2, 0.25) is 10.0 Å². The summed E-state index contributed by atoms with van der Waals surface area (Å²) in [6.45, 7) is 3.20. The first-order chi connectivity index (χ1) is 21.5. The molecule has 236 valence electrons. The normalized spacial score (nSPS) is 17.2. The molecule has 10 heteroatoms. The maximum atomic E-state index is 13.9. The van der Waals surface area contributed by atoms with Crippen LogP contribution in [0.5, 0.6) is 0 Å². The molecule has 3 amide bonds. The highest BCUT2D eigenvalue weighted by Crippen LogP contribution is 2.35. The monoisotopic (exact) mass is 647 g/mol. The number of nitrogens with zero attached hydrogens (tertiary/aromatic N) is 5. The Kier molecular flexibility index (Phi) is 10.0. The van der Waals surface area contributed by atoms with Crippen molar-refractivity contribution in [1.29, 1.82) is 5.26 Å². The average molecular weight is 649 g/mol. The van der Waals surface area contributed by atoms with Crippen LogP contribution in [0.4, 0.5) is 0 Å². The first-order valence-corrected chi connectivity index (χ1v) is 16.2. The minimum absolute atomic E-state index is 0.000730. The fourth-order valence-electron chi connectivity index (χ4n) is 6.90. The van der Waals surface area contributed by atoms with Crippen molar-refractivity contribution >= 4 is 51.7 Å². The lowest BCUT2D eigenvalue weighted by atomic mass is 9.84. The summed E-state index contributed by atoms with van der Waals surface area (Å²) in [6.07, 6.45) is 3.22. The molecule has 0 aromatic heterocycles. The molecular weight excluding hydrogens is 609 g/mol. The van der Waals surface area contributed by atoms with E-state index >= 15 is 0 Å². The number of hydrogen-bond acceptors (Lipinski definition) is 5. The molecule has 1 atom stereocenters. The largest absolute Gasteiger partial charge is 0.347 e. The Balaban J connectivity index is 1.33. The number of hydrogen-bond donors (Lipinski definition) is 0. The molecule has 3 aromatic rings. The van der Waals surface area contributed by atoms with E-state index in [1.54, 1.807) is 49.1 Å². The van der Waals surface area contributed by atoms with E-state index in [0.717, 1.165) is 35.7 Å². The Morgan fingerprint density at radius 3 is 2.38 bits per heavy atom. The van der Waals surface area contributed by atoms with E-state index in [2.05, 4.69) is 11.0 Å². The zero-order valence-electron chi connectivity index (χ0n) is 26.1. The predicted octanol–water partition coefficient (Wildman–Crippen LogP) is 5.81. The number of piperidine rings is 1. The minimum atomic E-state index is -0.788. The molecule has 2 fully saturated rings. The van der Waals surface area contributed by atoms with E-state index in [9.17, 15) is 19.6 Å². The van der Waals surface area contributed by atoms with E-state index in [-0.39, 0.29) is 23.6 Å². The van der Waals surface area contributed by atoms with Gasteiger partial charge in [-0.2, -0.15) is 5.26 Å². The smallest absolute Gasteiger partial charge is 0.254 e. The van der Waals surface area contributed by atoms with Crippen LogP contribution >= 0.6 is 23.2 Å². The van der Waals surface area contributed by atoms with Gasteiger partial charge in [-0.1, -0.05) is 53.5 Å². The van der Waals surface area contributed by atoms with Gasteiger partial charge in [-0.3, -0.25) is 14.4 Å². The molecule has 2 aliphatic rings. The highest BCUT2D eigenvalue weighted by Gasteiger charge is 2.50. The number of carbonyl (C=O) groups excluding carboxylic acids is 3. The summed E-state index contributed by atoms with van der Waals surface area (Å²) in [7, 11) is 5.31. The van der Waals surface area contributed by atoms with E-state index in [1.807, 2.05) is 41.3 Å². The van der Waals surface area contributed by atoms with Crippen LogP contribution < -0.4 is 0 Å².